The first-order chi connectivity index (χ1) is 10.0. The molecule has 0 atom stereocenters. The van der Waals surface area contributed by atoms with Gasteiger partial charge in [0.2, 0.25) is 5.91 Å². The Bertz CT molecular complexity index is 659. The van der Waals surface area contributed by atoms with Crippen LogP contribution in [0, 0.1) is 0 Å². The van der Waals surface area contributed by atoms with E-state index < -0.39 is 5.97 Å². The molecular weight excluding hydrogens is 270 g/mol. The van der Waals surface area contributed by atoms with Crippen LogP contribution in [0.4, 0.5) is 11.5 Å². The van der Waals surface area contributed by atoms with Gasteiger partial charge >= 0.3 is 5.97 Å². The highest BCUT2D eigenvalue weighted by molar-refractivity contribution is 5.96. The summed E-state index contributed by atoms with van der Waals surface area (Å²) >= 11 is 0. The summed E-state index contributed by atoms with van der Waals surface area (Å²) in [6, 6.07) is 8.88. The predicted octanol–water partition coefficient (Wildman–Crippen LogP) is 2.40. The molecule has 2 aromatic rings. The van der Waals surface area contributed by atoms with Crippen molar-refractivity contribution in [3.63, 3.8) is 0 Å². The summed E-state index contributed by atoms with van der Waals surface area (Å²) in [4.78, 5) is 25.8. The third-order valence-electron chi connectivity index (χ3n) is 3.05. The van der Waals surface area contributed by atoms with E-state index in [9.17, 15) is 9.59 Å². The minimum absolute atomic E-state index is 0.0418. The SMILES string of the molecule is CCC(=O)Nc1ccc(-c2cc(C(=O)OC)c(N)[nH]2)cc1. The van der Waals surface area contributed by atoms with Crippen molar-refractivity contribution in [1.82, 2.24) is 4.98 Å². The summed E-state index contributed by atoms with van der Waals surface area (Å²) < 4.78 is 4.66. The number of benzene rings is 1. The molecule has 0 unspecified atom stereocenters. The van der Waals surface area contributed by atoms with Crippen LogP contribution in [0.15, 0.2) is 30.3 Å². The van der Waals surface area contributed by atoms with Crippen LogP contribution in [0.25, 0.3) is 11.3 Å². The minimum atomic E-state index is -0.484. The van der Waals surface area contributed by atoms with Crippen molar-refractivity contribution in [2.45, 2.75) is 13.3 Å². The Kier molecular flexibility index (Phi) is 4.27. The van der Waals surface area contributed by atoms with Gasteiger partial charge in [0.05, 0.1) is 7.11 Å². The highest BCUT2D eigenvalue weighted by atomic mass is 16.5. The second-order valence-electron chi connectivity index (χ2n) is 4.48. The number of hydrogen-bond acceptors (Lipinski definition) is 4. The van der Waals surface area contributed by atoms with Crippen molar-refractivity contribution in [2.75, 3.05) is 18.2 Å². The van der Waals surface area contributed by atoms with Crippen molar-refractivity contribution < 1.29 is 14.3 Å². The molecule has 0 saturated carbocycles. The van der Waals surface area contributed by atoms with E-state index in [0.717, 1.165) is 11.3 Å². The normalized spacial score (nSPS) is 10.2. The lowest BCUT2D eigenvalue weighted by Crippen LogP contribution is -2.08. The van der Waals surface area contributed by atoms with Crippen molar-refractivity contribution in [1.29, 1.82) is 0 Å². The molecule has 2 rings (SSSR count). The van der Waals surface area contributed by atoms with Gasteiger partial charge in [0, 0.05) is 17.8 Å². The van der Waals surface area contributed by atoms with Gasteiger partial charge in [0.25, 0.3) is 0 Å². The van der Waals surface area contributed by atoms with E-state index >= 15 is 0 Å². The molecule has 1 aromatic carbocycles. The van der Waals surface area contributed by atoms with Gasteiger partial charge < -0.3 is 20.8 Å². The number of esters is 1. The first-order valence-electron chi connectivity index (χ1n) is 6.52. The molecule has 0 saturated heterocycles. The lowest BCUT2D eigenvalue weighted by molar-refractivity contribution is -0.115. The third-order valence-corrected chi connectivity index (χ3v) is 3.05. The lowest BCUT2D eigenvalue weighted by Gasteiger charge is -2.04. The molecule has 0 bridgehead atoms. The van der Waals surface area contributed by atoms with E-state index in [-0.39, 0.29) is 11.7 Å². The summed E-state index contributed by atoms with van der Waals surface area (Å²) in [6.45, 7) is 1.79. The molecule has 21 heavy (non-hydrogen) atoms. The molecule has 0 aliphatic carbocycles. The van der Waals surface area contributed by atoms with E-state index in [1.165, 1.54) is 7.11 Å². The van der Waals surface area contributed by atoms with Gasteiger partial charge in [-0.15, -0.1) is 0 Å². The van der Waals surface area contributed by atoms with E-state index in [0.29, 0.717) is 17.7 Å². The smallest absolute Gasteiger partial charge is 0.341 e. The number of aromatic amines is 1. The number of carbonyl (C=O) groups is 2. The quantitative estimate of drug-likeness (QED) is 0.752. The zero-order valence-corrected chi connectivity index (χ0v) is 11.9. The van der Waals surface area contributed by atoms with Crippen LogP contribution in [-0.2, 0) is 9.53 Å². The molecule has 6 heteroatoms. The lowest BCUT2D eigenvalue weighted by atomic mass is 10.1. The predicted molar refractivity (Wildman–Crippen MR) is 80.9 cm³/mol. The molecule has 1 aromatic heterocycles. The number of carbonyl (C=O) groups excluding carboxylic acids is 2. The van der Waals surface area contributed by atoms with E-state index in [1.54, 1.807) is 25.1 Å². The summed E-state index contributed by atoms with van der Waals surface area (Å²) in [5, 5.41) is 2.77. The van der Waals surface area contributed by atoms with E-state index in [4.69, 9.17) is 5.73 Å². The number of rotatable bonds is 4. The number of amides is 1. The van der Waals surface area contributed by atoms with Crippen molar-refractivity contribution in [3.05, 3.63) is 35.9 Å². The molecular formula is C15H17N3O3. The van der Waals surface area contributed by atoms with E-state index in [2.05, 4.69) is 15.0 Å². The van der Waals surface area contributed by atoms with E-state index in [1.807, 2.05) is 12.1 Å². The van der Waals surface area contributed by atoms with Gasteiger partial charge in [-0.05, 0) is 23.8 Å². The second-order valence-corrected chi connectivity index (χ2v) is 4.48. The van der Waals surface area contributed by atoms with Gasteiger partial charge in [-0.3, -0.25) is 4.79 Å². The highest BCUT2D eigenvalue weighted by Gasteiger charge is 2.14. The monoisotopic (exact) mass is 287 g/mol. The average Bonchev–Trinajstić information content (AvgIpc) is 2.89. The summed E-state index contributed by atoms with van der Waals surface area (Å²) in [6.07, 6.45) is 0.428. The standard InChI is InChI=1S/C15H17N3O3/c1-3-13(19)17-10-6-4-9(5-7-10)12-8-11(14(16)18-12)15(20)21-2/h4-8,18H,3,16H2,1-2H3,(H,17,19). The van der Waals surface area contributed by atoms with Gasteiger partial charge in [0.1, 0.15) is 11.4 Å². The van der Waals surface area contributed by atoms with Gasteiger partial charge in [-0.2, -0.15) is 0 Å². The first-order valence-corrected chi connectivity index (χ1v) is 6.52. The fourth-order valence-corrected chi connectivity index (χ4v) is 1.89. The Morgan fingerprint density at radius 3 is 2.52 bits per heavy atom. The third kappa shape index (κ3) is 3.22. The number of hydrogen-bond donors (Lipinski definition) is 3. The minimum Gasteiger partial charge on any atom is -0.465 e. The van der Waals surface area contributed by atoms with Crippen LogP contribution in [-0.4, -0.2) is 24.0 Å². The van der Waals surface area contributed by atoms with Crippen molar-refractivity contribution in [3.8, 4) is 11.3 Å². The molecule has 110 valence electrons. The summed E-state index contributed by atoms with van der Waals surface area (Å²) in [7, 11) is 1.31. The van der Waals surface area contributed by atoms with Crippen LogP contribution in [0.2, 0.25) is 0 Å². The fourth-order valence-electron chi connectivity index (χ4n) is 1.89. The zero-order valence-electron chi connectivity index (χ0n) is 11.9. The van der Waals surface area contributed by atoms with Crippen molar-refractivity contribution >= 4 is 23.4 Å². The van der Waals surface area contributed by atoms with Gasteiger partial charge in [0.15, 0.2) is 0 Å². The molecule has 1 heterocycles. The topological polar surface area (TPSA) is 97.2 Å². The maximum absolute atomic E-state index is 11.5. The average molecular weight is 287 g/mol. The van der Waals surface area contributed by atoms with Crippen LogP contribution < -0.4 is 11.1 Å². The molecule has 0 radical (unpaired) electrons. The molecule has 1 amide bonds. The Morgan fingerprint density at radius 2 is 1.95 bits per heavy atom. The van der Waals surface area contributed by atoms with Crippen LogP contribution in [0.1, 0.15) is 23.7 Å². The van der Waals surface area contributed by atoms with Crippen LogP contribution in [0.5, 0.6) is 0 Å². The summed E-state index contributed by atoms with van der Waals surface area (Å²) in [5.74, 6) is -0.262. The number of anilines is 2. The molecule has 0 aliphatic rings. The Morgan fingerprint density at radius 1 is 1.29 bits per heavy atom. The zero-order chi connectivity index (χ0) is 15.4. The number of nitrogen functional groups attached to an aromatic ring is 1. The van der Waals surface area contributed by atoms with Crippen molar-refractivity contribution in [2.24, 2.45) is 0 Å². The molecule has 0 aliphatic heterocycles. The molecule has 0 spiro atoms. The second kappa shape index (κ2) is 6.13. The largest absolute Gasteiger partial charge is 0.465 e. The maximum Gasteiger partial charge on any atom is 0.341 e. The Hall–Kier alpha value is -2.76. The number of nitrogens with two attached hydrogens (primary N) is 1. The summed E-state index contributed by atoms with van der Waals surface area (Å²) in [5.41, 5.74) is 8.34. The number of nitrogens with one attached hydrogen (secondary N) is 2. The van der Waals surface area contributed by atoms with Crippen LogP contribution in [0.3, 0.4) is 0 Å². The van der Waals surface area contributed by atoms with Gasteiger partial charge in [-0.25, -0.2) is 4.79 Å². The fraction of sp³-hybridized carbons (Fsp3) is 0.200. The molecule has 0 fully saturated rings. The van der Waals surface area contributed by atoms with Gasteiger partial charge in [-0.1, -0.05) is 19.1 Å². The number of methoxy groups -OCH3 is 1. The van der Waals surface area contributed by atoms with Crippen LogP contribution >= 0.6 is 0 Å². The molecule has 4 N–H and O–H groups in total. The number of aromatic nitrogens is 1. The number of H-pyrrole nitrogens is 1. The Labute approximate surface area is 122 Å². The first kappa shape index (κ1) is 14.6. The maximum atomic E-state index is 11.5. The number of ether oxygens (including phenoxy) is 1. The highest BCUT2D eigenvalue weighted by Crippen LogP contribution is 2.25. The molecule has 6 nitrogen and oxygen atoms in total. The Balaban J connectivity index is 2.23.